The summed E-state index contributed by atoms with van der Waals surface area (Å²) in [6.07, 6.45) is 1.79. The number of nitrogens with zero attached hydrogens (tertiary/aromatic N) is 2. The van der Waals surface area contributed by atoms with Crippen molar-refractivity contribution in [2.75, 3.05) is 26.7 Å². The lowest BCUT2D eigenvalue weighted by Crippen LogP contribution is -2.43. The Morgan fingerprint density at radius 3 is 2.71 bits per heavy atom. The molecule has 98 valence electrons. The van der Waals surface area contributed by atoms with E-state index >= 15 is 0 Å². The Balaban J connectivity index is 0.00000128. The van der Waals surface area contributed by atoms with E-state index < -0.39 is 0 Å². The third-order valence-corrected chi connectivity index (χ3v) is 3.40. The van der Waals surface area contributed by atoms with E-state index in [9.17, 15) is 0 Å². The Hall–Kier alpha value is 0.230. The highest BCUT2D eigenvalue weighted by atomic mass is 35.5. The third-order valence-electron chi connectivity index (χ3n) is 2.71. The first-order chi connectivity index (χ1) is 7.18. The number of rotatable bonds is 1. The highest BCUT2D eigenvalue weighted by Crippen LogP contribution is 2.26. The molecule has 0 aromatic carbocycles. The van der Waals surface area contributed by atoms with Crippen LogP contribution in [0.25, 0.3) is 0 Å². The molecule has 1 fully saturated rings. The summed E-state index contributed by atoms with van der Waals surface area (Å²) >= 11 is 11.7. The van der Waals surface area contributed by atoms with Crippen LogP contribution >= 0.6 is 48.0 Å². The molecular formula is C10H15Cl4N3. The summed E-state index contributed by atoms with van der Waals surface area (Å²) in [5.41, 5.74) is 1.11. The van der Waals surface area contributed by atoms with Gasteiger partial charge in [-0.15, -0.1) is 24.8 Å². The largest absolute Gasteiger partial charge is 0.314 e. The fourth-order valence-electron chi connectivity index (χ4n) is 1.80. The summed E-state index contributed by atoms with van der Waals surface area (Å²) in [6, 6.07) is 2.23. The second kappa shape index (κ2) is 7.62. The number of pyridine rings is 1. The molecule has 2 rings (SSSR count). The molecule has 0 amide bonds. The van der Waals surface area contributed by atoms with E-state index in [-0.39, 0.29) is 24.8 Å². The van der Waals surface area contributed by atoms with E-state index in [0.717, 1.165) is 25.2 Å². The fraction of sp³-hybridized carbons (Fsp3) is 0.500. The average Bonchev–Trinajstić information content (AvgIpc) is 2.23. The number of likely N-dealkylation sites (N-methyl/N-ethyl adjacent to an activating group) is 1. The number of hydrogen-bond donors (Lipinski definition) is 1. The van der Waals surface area contributed by atoms with Crippen LogP contribution in [0.3, 0.4) is 0 Å². The summed E-state index contributed by atoms with van der Waals surface area (Å²) < 4.78 is 0. The predicted octanol–water partition coefficient (Wildman–Crippen LogP) is 2.81. The summed E-state index contributed by atoms with van der Waals surface area (Å²) in [4.78, 5) is 6.36. The zero-order valence-electron chi connectivity index (χ0n) is 9.32. The Bertz CT molecular complexity index is 361. The van der Waals surface area contributed by atoms with Crippen LogP contribution in [0.4, 0.5) is 0 Å². The lowest BCUT2D eigenvalue weighted by molar-refractivity contribution is 0.202. The van der Waals surface area contributed by atoms with Crippen LogP contribution in [0.1, 0.15) is 11.6 Å². The molecule has 2 heterocycles. The number of piperazine rings is 1. The Morgan fingerprint density at radius 2 is 2.12 bits per heavy atom. The van der Waals surface area contributed by atoms with Gasteiger partial charge in [0.25, 0.3) is 0 Å². The summed E-state index contributed by atoms with van der Waals surface area (Å²) in [6.45, 7) is 2.99. The molecular weight excluding hydrogens is 304 g/mol. The van der Waals surface area contributed by atoms with Gasteiger partial charge in [-0.1, -0.05) is 23.2 Å². The first kappa shape index (κ1) is 17.2. The van der Waals surface area contributed by atoms with Crippen molar-refractivity contribution in [1.82, 2.24) is 15.2 Å². The topological polar surface area (TPSA) is 28.2 Å². The van der Waals surface area contributed by atoms with Gasteiger partial charge in [0.05, 0.1) is 5.02 Å². The van der Waals surface area contributed by atoms with Crippen molar-refractivity contribution in [2.45, 2.75) is 6.04 Å². The van der Waals surface area contributed by atoms with Gasteiger partial charge in [0.2, 0.25) is 0 Å². The maximum Gasteiger partial charge on any atom is 0.147 e. The summed E-state index contributed by atoms with van der Waals surface area (Å²) in [5.74, 6) is 0. The van der Waals surface area contributed by atoms with E-state index in [1.54, 1.807) is 6.20 Å². The van der Waals surface area contributed by atoms with Gasteiger partial charge in [-0.3, -0.25) is 4.90 Å². The number of halogens is 4. The first-order valence-electron chi connectivity index (χ1n) is 4.90. The van der Waals surface area contributed by atoms with Crippen LogP contribution in [-0.4, -0.2) is 36.6 Å². The molecule has 1 unspecified atom stereocenters. The Kier molecular flexibility index (Phi) is 7.72. The van der Waals surface area contributed by atoms with Crippen molar-refractivity contribution in [3.05, 3.63) is 28.0 Å². The van der Waals surface area contributed by atoms with Crippen molar-refractivity contribution in [1.29, 1.82) is 0 Å². The highest BCUT2D eigenvalue weighted by Gasteiger charge is 2.21. The molecule has 0 radical (unpaired) electrons. The molecule has 17 heavy (non-hydrogen) atoms. The molecule has 3 nitrogen and oxygen atoms in total. The van der Waals surface area contributed by atoms with E-state index in [2.05, 4.69) is 22.2 Å². The molecule has 0 bridgehead atoms. The normalized spacial score (nSPS) is 20.3. The van der Waals surface area contributed by atoms with E-state index in [1.807, 2.05) is 6.07 Å². The van der Waals surface area contributed by atoms with E-state index in [1.165, 1.54) is 0 Å². The first-order valence-corrected chi connectivity index (χ1v) is 5.66. The molecule has 1 aromatic rings. The number of nitrogens with one attached hydrogen (secondary N) is 1. The van der Waals surface area contributed by atoms with Gasteiger partial charge < -0.3 is 5.32 Å². The molecule has 0 spiro atoms. The van der Waals surface area contributed by atoms with Crippen LogP contribution in [0.2, 0.25) is 10.2 Å². The summed E-state index contributed by atoms with van der Waals surface area (Å²) in [7, 11) is 2.11. The van der Waals surface area contributed by atoms with Gasteiger partial charge in [-0.05, 0) is 18.7 Å². The Morgan fingerprint density at radius 1 is 1.41 bits per heavy atom. The van der Waals surface area contributed by atoms with Gasteiger partial charge in [0.1, 0.15) is 5.15 Å². The molecule has 1 aliphatic rings. The molecule has 1 aromatic heterocycles. The van der Waals surface area contributed by atoms with Gasteiger partial charge in [-0.2, -0.15) is 0 Å². The van der Waals surface area contributed by atoms with Gasteiger partial charge in [0, 0.05) is 31.9 Å². The minimum absolute atomic E-state index is 0. The Labute approximate surface area is 124 Å². The fourth-order valence-corrected chi connectivity index (χ4v) is 2.07. The zero-order chi connectivity index (χ0) is 10.8. The van der Waals surface area contributed by atoms with Crippen LogP contribution in [0.15, 0.2) is 12.3 Å². The summed E-state index contributed by atoms with van der Waals surface area (Å²) in [5, 5.41) is 4.24. The molecule has 1 atom stereocenters. The smallest absolute Gasteiger partial charge is 0.147 e. The molecule has 0 saturated carbocycles. The van der Waals surface area contributed by atoms with Crippen molar-refractivity contribution in [3.8, 4) is 0 Å². The van der Waals surface area contributed by atoms with Crippen molar-refractivity contribution in [3.63, 3.8) is 0 Å². The van der Waals surface area contributed by atoms with Crippen molar-refractivity contribution < 1.29 is 0 Å². The maximum atomic E-state index is 5.95. The van der Waals surface area contributed by atoms with Gasteiger partial charge in [-0.25, -0.2) is 4.98 Å². The molecule has 1 N–H and O–H groups in total. The lowest BCUT2D eigenvalue weighted by atomic mass is 10.1. The van der Waals surface area contributed by atoms with Gasteiger partial charge in [0.15, 0.2) is 0 Å². The maximum absolute atomic E-state index is 5.95. The van der Waals surface area contributed by atoms with E-state index in [4.69, 9.17) is 23.2 Å². The predicted molar refractivity (Wildman–Crippen MR) is 77.0 cm³/mol. The SMILES string of the molecule is CN1CCNCC1c1cnc(Cl)c(Cl)c1.Cl.Cl. The van der Waals surface area contributed by atoms with Crippen LogP contribution < -0.4 is 5.32 Å². The third kappa shape index (κ3) is 4.12. The number of aromatic nitrogens is 1. The highest BCUT2D eigenvalue weighted by molar-refractivity contribution is 6.41. The van der Waals surface area contributed by atoms with Gasteiger partial charge >= 0.3 is 0 Å². The quantitative estimate of drug-likeness (QED) is 0.807. The second-order valence-electron chi connectivity index (χ2n) is 3.74. The molecule has 1 saturated heterocycles. The van der Waals surface area contributed by atoms with Crippen LogP contribution in [0, 0.1) is 0 Å². The minimum Gasteiger partial charge on any atom is -0.314 e. The minimum atomic E-state index is 0. The van der Waals surface area contributed by atoms with Crippen LogP contribution in [0.5, 0.6) is 0 Å². The lowest BCUT2D eigenvalue weighted by Gasteiger charge is -2.33. The molecule has 0 aliphatic carbocycles. The standard InChI is InChI=1S/C10H13Cl2N3.2ClH/c1-15-3-2-13-6-9(15)7-4-8(11)10(12)14-5-7;;/h4-5,9,13H,2-3,6H2,1H3;2*1H. The number of hydrogen-bond acceptors (Lipinski definition) is 3. The monoisotopic (exact) mass is 317 g/mol. The van der Waals surface area contributed by atoms with E-state index in [0.29, 0.717) is 16.2 Å². The second-order valence-corrected chi connectivity index (χ2v) is 4.51. The average molecular weight is 319 g/mol. The van der Waals surface area contributed by atoms with Crippen LogP contribution in [-0.2, 0) is 0 Å². The van der Waals surface area contributed by atoms with Crippen molar-refractivity contribution >= 4 is 48.0 Å². The van der Waals surface area contributed by atoms with Crippen molar-refractivity contribution in [2.24, 2.45) is 0 Å². The zero-order valence-corrected chi connectivity index (χ0v) is 12.5. The molecule has 1 aliphatic heterocycles. The molecule has 7 heteroatoms.